The molecule has 2 N–H and O–H groups in total. The fourth-order valence-electron chi connectivity index (χ4n) is 3.28. The minimum atomic E-state index is 0.115. The Hall–Kier alpha value is -1.25. The van der Waals surface area contributed by atoms with E-state index in [0.29, 0.717) is 18.6 Å². The lowest BCUT2D eigenvalue weighted by Gasteiger charge is -2.12. The molecule has 1 amide bonds. The summed E-state index contributed by atoms with van der Waals surface area (Å²) in [5, 5.41) is 12.2. The van der Waals surface area contributed by atoms with Crippen molar-refractivity contribution in [1.29, 1.82) is 0 Å². The molecule has 0 saturated carbocycles. The van der Waals surface area contributed by atoms with E-state index >= 15 is 0 Å². The first-order chi connectivity index (χ1) is 12.2. The number of rotatable bonds is 15. The average Bonchev–Trinajstić information content (AvgIpc) is 2.61. The molecular formula is C22H39NO2. The van der Waals surface area contributed by atoms with Gasteiger partial charge in [0.2, 0.25) is 5.91 Å². The van der Waals surface area contributed by atoms with Crippen molar-refractivity contribution in [3.8, 4) is 0 Å². The van der Waals surface area contributed by atoms with Crippen LogP contribution in [0.3, 0.4) is 0 Å². The highest BCUT2D eigenvalue weighted by Gasteiger charge is 2.08. The number of amides is 1. The Labute approximate surface area is 155 Å². The van der Waals surface area contributed by atoms with Crippen molar-refractivity contribution >= 4 is 5.91 Å². The van der Waals surface area contributed by atoms with Crippen molar-refractivity contribution in [3.05, 3.63) is 23.6 Å². The third-order valence-electron chi connectivity index (χ3n) is 4.93. The number of hydrogen-bond acceptors (Lipinski definition) is 2. The molecule has 0 atom stereocenters. The second-order valence-corrected chi connectivity index (χ2v) is 7.39. The summed E-state index contributed by atoms with van der Waals surface area (Å²) < 4.78 is 0. The van der Waals surface area contributed by atoms with Crippen LogP contribution in [0.1, 0.15) is 110 Å². The monoisotopic (exact) mass is 349 g/mol. The minimum Gasteiger partial charge on any atom is -0.512 e. The maximum atomic E-state index is 11.9. The smallest absolute Gasteiger partial charge is 0.224 e. The number of carbonyl (C=O) groups is 1. The number of hydrogen-bond donors (Lipinski definition) is 2. The topological polar surface area (TPSA) is 49.3 Å². The highest BCUT2D eigenvalue weighted by atomic mass is 16.3. The molecule has 0 saturated heterocycles. The SMILES string of the molecule is CCCCCCCCCCCCCCCC(=O)NC1=CC=C(O)CC1. The second kappa shape index (κ2) is 15.0. The van der Waals surface area contributed by atoms with E-state index in [9.17, 15) is 9.90 Å². The van der Waals surface area contributed by atoms with Crippen molar-refractivity contribution in [2.24, 2.45) is 0 Å². The van der Waals surface area contributed by atoms with Gasteiger partial charge in [-0.25, -0.2) is 0 Å². The fourth-order valence-corrected chi connectivity index (χ4v) is 3.28. The Bertz CT molecular complexity index is 412. The van der Waals surface area contributed by atoms with Crippen LogP contribution in [0.15, 0.2) is 23.6 Å². The lowest BCUT2D eigenvalue weighted by molar-refractivity contribution is -0.120. The van der Waals surface area contributed by atoms with Gasteiger partial charge in [0.15, 0.2) is 0 Å². The summed E-state index contributed by atoms with van der Waals surface area (Å²) in [5.41, 5.74) is 0.928. The molecule has 0 fully saturated rings. The molecule has 0 heterocycles. The third-order valence-corrected chi connectivity index (χ3v) is 4.93. The van der Waals surface area contributed by atoms with Gasteiger partial charge in [0.1, 0.15) is 0 Å². The third kappa shape index (κ3) is 12.7. The average molecular weight is 350 g/mol. The largest absolute Gasteiger partial charge is 0.512 e. The van der Waals surface area contributed by atoms with Gasteiger partial charge in [-0.15, -0.1) is 0 Å². The van der Waals surface area contributed by atoms with Gasteiger partial charge in [-0.2, -0.15) is 0 Å². The van der Waals surface area contributed by atoms with Gasteiger partial charge < -0.3 is 10.4 Å². The maximum Gasteiger partial charge on any atom is 0.224 e. The van der Waals surface area contributed by atoms with Crippen molar-refractivity contribution in [2.45, 2.75) is 110 Å². The Morgan fingerprint density at radius 2 is 1.36 bits per heavy atom. The first-order valence-corrected chi connectivity index (χ1v) is 10.6. The van der Waals surface area contributed by atoms with Crippen LogP contribution in [0.4, 0.5) is 0 Å². The van der Waals surface area contributed by atoms with Crippen molar-refractivity contribution in [3.63, 3.8) is 0 Å². The highest BCUT2D eigenvalue weighted by Crippen LogP contribution is 2.15. The van der Waals surface area contributed by atoms with Crippen LogP contribution < -0.4 is 5.32 Å². The molecule has 0 radical (unpaired) electrons. The van der Waals surface area contributed by atoms with E-state index in [4.69, 9.17) is 0 Å². The van der Waals surface area contributed by atoms with Gasteiger partial charge in [-0.1, -0.05) is 84.0 Å². The van der Waals surface area contributed by atoms with E-state index in [1.165, 1.54) is 70.6 Å². The molecule has 0 aromatic rings. The van der Waals surface area contributed by atoms with Gasteiger partial charge in [-0.05, 0) is 25.0 Å². The van der Waals surface area contributed by atoms with E-state index in [-0.39, 0.29) is 5.91 Å². The Balaban J connectivity index is 1.83. The van der Waals surface area contributed by atoms with E-state index in [1.54, 1.807) is 12.2 Å². The van der Waals surface area contributed by atoms with Crippen molar-refractivity contribution in [1.82, 2.24) is 5.32 Å². The van der Waals surface area contributed by atoms with Gasteiger partial charge in [-0.3, -0.25) is 4.79 Å². The molecule has 0 aliphatic heterocycles. The Morgan fingerprint density at radius 3 is 1.84 bits per heavy atom. The highest BCUT2D eigenvalue weighted by molar-refractivity contribution is 5.77. The van der Waals surface area contributed by atoms with E-state index in [1.807, 2.05) is 0 Å². The molecule has 0 unspecified atom stereocenters. The molecule has 1 aliphatic carbocycles. The van der Waals surface area contributed by atoms with Crippen LogP contribution in [0, 0.1) is 0 Å². The number of nitrogens with one attached hydrogen (secondary N) is 1. The van der Waals surface area contributed by atoms with Gasteiger partial charge >= 0.3 is 0 Å². The number of unbranched alkanes of at least 4 members (excludes halogenated alkanes) is 12. The Kier molecular flexibility index (Phi) is 13.1. The summed E-state index contributed by atoms with van der Waals surface area (Å²) >= 11 is 0. The summed E-state index contributed by atoms with van der Waals surface area (Å²) in [6.45, 7) is 2.27. The molecule has 3 heteroatoms. The number of carbonyl (C=O) groups excluding carboxylic acids is 1. The molecule has 3 nitrogen and oxygen atoms in total. The normalized spacial score (nSPS) is 14.1. The van der Waals surface area contributed by atoms with Gasteiger partial charge in [0.05, 0.1) is 5.76 Å². The fraction of sp³-hybridized carbons (Fsp3) is 0.773. The predicted octanol–water partition coefficient (Wildman–Crippen LogP) is 6.70. The standard InChI is InChI=1S/C22H39NO2/c1-2-3-4-5-6-7-8-9-10-11-12-13-14-15-22(25)23-20-16-18-21(24)19-17-20/h16,18,24H,2-15,17,19H2,1H3,(H,23,25). The van der Waals surface area contributed by atoms with Gasteiger partial charge in [0.25, 0.3) is 0 Å². The zero-order valence-electron chi connectivity index (χ0n) is 16.3. The summed E-state index contributed by atoms with van der Waals surface area (Å²) in [4.78, 5) is 11.9. The van der Waals surface area contributed by atoms with Crippen LogP contribution in [0.5, 0.6) is 0 Å². The van der Waals surface area contributed by atoms with Crippen LogP contribution in [-0.4, -0.2) is 11.0 Å². The molecule has 25 heavy (non-hydrogen) atoms. The summed E-state index contributed by atoms with van der Waals surface area (Å²) in [5.74, 6) is 0.513. The molecule has 144 valence electrons. The zero-order valence-corrected chi connectivity index (χ0v) is 16.3. The molecule has 0 aromatic carbocycles. The predicted molar refractivity (Wildman–Crippen MR) is 106 cm³/mol. The Morgan fingerprint density at radius 1 is 0.840 bits per heavy atom. The molecule has 1 rings (SSSR count). The number of aliphatic hydroxyl groups is 1. The van der Waals surface area contributed by atoms with E-state index < -0.39 is 0 Å². The molecule has 0 spiro atoms. The molecule has 0 aromatic heterocycles. The first-order valence-electron chi connectivity index (χ1n) is 10.6. The van der Waals surface area contributed by atoms with Crippen LogP contribution >= 0.6 is 0 Å². The van der Waals surface area contributed by atoms with E-state index in [2.05, 4.69) is 12.2 Å². The van der Waals surface area contributed by atoms with Crippen molar-refractivity contribution < 1.29 is 9.90 Å². The molecule has 0 bridgehead atoms. The van der Waals surface area contributed by atoms with Crippen molar-refractivity contribution in [2.75, 3.05) is 0 Å². The molecular weight excluding hydrogens is 310 g/mol. The quantitative estimate of drug-likeness (QED) is 0.323. The number of allylic oxidation sites excluding steroid dienone is 4. The second-order valence-electron chi connectivity index (χ2n) is 7.39. The van der Waals surface area contributed by atoms with E-state index in [0.717, 1.165) is 25.0 Å². The summed E-state index contributed by atoms with van der Waals surface area (Å²) in [6.07, 6.45) is 22.7. The summed E-state index contributed by atoms with van der Waals surface area (Å²) in [7, 11) is 0. The lowest BCUT2D eigenvalue weighted by Crippen LogP contribution is -2.23. The molecule has 1 aliphatic rings. The van der Waals surface area contributed by atoms with Crippen LogP contribution in [0.25, 0.3) is 0 Å². The van der Waals surface area contributed by atoms with Gasteiger partial charge in [0, 0.05) is 18.5 Å². The van der Waals surface area contributed by atoms with Crippen LogP contribution in [-0.2, 0) is 4.79 Å². The lowest BCUT2D eigenvalue weighted by atomic mass is 10.0. The van der Waals surface area contributed by atoms with Crippen LogP contribution in [0.2, 0.25) is 0 Å². The zero-order chi connectivity index (χ0) is 18.2. The maximum absolute atomic E-state index is 11.9. The summed E-state index contributed by atoms with van der Waals surface area (Å²) in [6, 6.07) is 0. The first kappa shape index (κ1) is 21.8. The number of aliphatic hydroxyl groups excluding tert-OH is 1. The minimum absolute atomic E-state index is 0.115.